The number of carbonyl (C=O) groups excluding carboxylic acids is 1. The molecule has 0 aliphatic carbocycles. The molecule has 1 amide bonds. The number of nitrogens with zero attached hydrogens (tertiary/aromatic N) is 1. The van der Waals surface area contributed by atoms with Crippen LogP contribution in [0.5, 0.6) is 0 Å². The minimum Gasteiger partial charge on any atom is -0.794 e. The van der Waals surface area contributed by atoms with Crippen molar-refractivity contribution in [2.75, 3.05) is 24.2 Å². The minimum absolute atomic E-state index is 0.0991. The van der Waals surface area contributed by atoms with E-state index < -0.39 is 0 Å². The average molecular weight is 278 g/mol. The van der Waals surface area contributed by atoms with Gasteiger partial charge in [-0.3, -0.25) is 4.79 Å². The summed E-state index contributed by atoms with van der Waals surface area (Å²) < 4.78 is 0. The Hall–Kier alpha value is -1.00. The standard InChI is InChI=1S/C15H23N2OS/c18-15(17-14-8-4-3-5-9-14)10-6-1-2-7-11-16-12-13-19/h3-5,8-9,19H,1-2,6-7,10-13H2,(H,17,18)/q-1/p-1. The van der Waals surface area contributed by atoms with Crippen molar-refractivity contribution in [1.82, 2.24) is 0 Å². The molecule has 0 aliphatic rings. The summed E-state index contributed by atoms with van der Waals surface area (Å²) >= 11 is 4.82. The fourth-order valence-corrected chi connectivity index (χ4v) is 1.91. The van der Waals surface area contributed by atoms with Gasteiger partial charge in [-0.1, -0.05) is 37.5 Å². The average Bonchev–Trinajstić information content (AvgIpc) is 2.43. The molecule has 19 heavy (non-hydrogen) atoms. The third-order valence-corrected chi connectivity index (χ3v) is 2.96. The molecule has 0 aromatic heterocycles. The largest absolute Gasteiger partial charge is 0.794 e. The molecule has 0 fully saturated rings. The van der Waals surface area contributed by atoms with Crippen LogP contribution in [0, 0.1) is 0 Å². The first-order chi connectivity index (χ1) is 9.33. The normalized spacial score (nSPS) is 10.4. The number of benzene rings is 1. The lowest BCUT2D eigenvalue weighted by Crippen LogP contribution is -2.10. The number of hydrogen-bond acceptors (Lipinski definition) is 2. The van der Waals surface area contributed by atoms with Crippen molar-refractivity contribution in [3.05, 3.63) is 35.6 Å². The predicted octanol–water partition coefficient (Wildman–Crippen LogP) is 3.50. The van der Waals surface area contributed by atoms with Crippen molar-refractivity contribution in [3.8, 4) is 0 Å². The number of para-hydroxylation sites is 1. The number of nitrogens with one attached hydrogen (secondary N) is 1. The summed E-state index contributed by atoms with van der Waals surface area (Å²) in [4.78, 5) is 11.6. The molecule has 0 spiro atoms. The third kappa shape index (κ3) is 8.67. The summed E-state index contributed by atoms with van der Waals surface area (Å²) in [5.41, 5.74) is 0.871. The maximum absolute atomic E-state index is 11.6. The Labute approximate surface area is 121 Å². The lowest BCUT2D eigenvalue weighted by Gasteiger charge is -2.20. The van der Waals surface area contributed by atoms with E-state index in [2.05, 4.69) is 10.6 Å². The van der Waals surface area contributed by atoms with Crippen molar-refractivity contribution < 1.29 is 4.79 Å². The molecule has 3 nitrogen and oxygen atoms in total. The van der Waals surface area contributed by atoms with Gasteiger partial charge in [0.2, 0.25) is 5.91 Å². The monoisotopic (exact) mass is 278 g/mol. The van der Waals surface area contributed by atoms with Crippen molar-refractivity contribution in [1.29, 1.82) is 0 Å². The second-order valence-corrected chi connectivity index (χ2v) is 4.86. The van der Waals surface area contributed by atoms with Crippen LogP contribution in [0.1, 0.15) is 32.1 Å². The number of rotatable bonds is 10. The van der Waals surface area contributed by atoms with Gasteiger partial charge in [0.1, 0.15) is 0 Å². The minimum atomic E-state index is 0.0991. The number of unbranched alkanes of at least 4 members (excludes halogenated alkanes) is 3. The van der Waals surface area contributed by atoms with Crippen LogP contribution in [0.15, 0.2) is 30.3 Å². The molecule has 1 N–H and O–H groups in total. The van der Waals surface area contributed by atoms with Gasteiger partial charge < -0.3 is 23.3 Å². The van der Waals surface area contributed by atoms with E-state index in [9.17, 15) is 4.79 Å². The molecule has 0 radical (unpaired) electrons. The maximum atomic E-state index is 11.6. The van der Waals surface area contributed by atoms with E-state index in [0.29, 0.717) is 6.42 Å². The van der Waals surface area contributed by atoms with Crippen LogP contribution >= 0.6 is 0 Å². The van der Waals surface area contributed by atoms with Gasteiger partial charge in [0, 0.05) is 12.1 Å². The summed E-state index contributed by atoms with van der Waals surface area (Å²) in [5.74, 6) is 0.821. The molecular formula is C15H22N2OS-2. The van der Waals surface area contributed by atoms with Crippen LogP contribution in [0.25, 0.3) is 5.32 Å². The highest BCUT2D eigenvalue weighted by molar-refractivity contribution is 7.58. The van der Waals surface area contributed by atoms with Crippen LogP contribution in [-0.2, 0) is 17.4 Å². The van der Waals surface area contributed by atoms with Crippen molar-refractivity contribution in [2.24, 2.45) is 0 Å². The van der Waals surface area contributed by atoms with E-state index in [1.165, 1.54) is 0 Å². The molecule has 0 atom stereocenters. The molecule has 0 bridgehead atoms. The van der Waals surface area contributed by atoms with E-state index >= 15 is 0 Å². The first-order valence-electron chi connectivity index (χ1n) is 6.89. The Morgan fingerprint density at radius 3 is 2.53 bits per heavy atom. The Balaban J connectivity index is 1.96. The quantitative estimate of drug-likeness (QED) is 0.526. The van der Waals surface area contributed by atoms with E-state index in [4.69, 9.17) is 12.6 Å². The van der Waals surface area contributed by atoms with Gasteiger partial charge in [-0.25, -0.2) is 0 Å². The summed E-state index contributed by atoms with van der Waals surface area (Å²) in [6.07, 6.45) is 4.87. The predicted molar refractivity (Wildman–Crippen MR) is 83.5 cm³/mol. The van der Waals surface area contributed by atoms with Crippen LogP contribution in [-0.4, -0.2) is 24.7 Å². The molecule has 1 aromatic rings. The van der Waals surface area contributed by atoms with Crippen molar-refractivity contribution in [3.63, 3.8) is 0 Å². The summed E-state index contributed by atoms with van der Waals surface area (Å²) in [7, 11) is 0. The molecular weight excluding hydrogens is 256 g/mol. The zero-order valence-corrected chi connectivity index (χ0v) is 12.1. The van der Waals surface area contributed by atoms with Gasteiger partial charge in [0.15, 0.2) is 0 Å². The molecule has 106 valence electrons. The molecule has 0 aliphatic heterocycles. The van der Waals surface area contributed by atoms with Gasteiger partial charge in [-0.05, 0) is 18.6 Å². The van der Waals surface area contributed by atoms with E-state index in [0.717, 1.165) is 50.2 Å². The van der Waals surface area contributed by atoms with Crippen molar-refractivity contribution in [2.45, 2.75) is 32.1 Å². The SMILES string of the molecule is O=C(CCCCCC[N-]CC[S-])Nc1ccccc1. The number of hydrogen-bond donors (Lipinski definition) is 1. The highest BCUT2D eigenvalue weighted by Crippen LogP contribution is 2.08. The van der Waals surface area contributed by atoms with E-state index in [1.807, 2.05) is 30.3 Å². The fourth-order valence-electron chi connectivity index (χ4n) is 1.78. The summed E-state index contributed by atoms with van der Waals surface area (Å²) in [5, 5.41) is 7.19. The van der Waals surface area contributed by atoms with Crippen molar-refractivity contribution >= 4 is 24.2 Å². The maximum Gasteiger partial charge on any atom is 0.224 e. The molecule has 1 aromatic carbocycles. The zero-order valence-electron chi connectivity index (χ0n) is 11.3. The van der Waals surface area contributed by atoms with E-state index in [-0.39, 0.29) is 5.91 Å². The van der Waals surface area contributed by atoms with Gasteiger partial charge >= 0.3 is 0 Å². The Morgan fingerprint density at radius 2 is 1.79 bits per heavy atom. The lowest BCUT2D eigenvalue weighted by atomic mass is 10.1. The van der Waals surface area contributed by atoms with Gasteiger partial charge in [0.25, 0.3) is 0 Å². The topological polar surface area (TPSA) is 43.2 Å². The van der Waals surface area contributed by atoms with Gasteiger partial charge in [-0.15, -0.1) is 6.54 Å². The Bertz CT molecular complexity index is 343. The molecule has 0 saturated carbocycles. The lowest BCUT2D eigenvalue weighted by molar-refractivity contribution is -0.116. The smallest absolute Gasteiger partial charge is 0.224 e. The van der Waals surface area contributed by atoms with Gasteiger partial charge in [-0.2, -0.15) is 12.3 Å². The van der Waals surface area contributed by atoms with Crippen LogP contribution in [0.3, 0.4) is 0 Å². The molecule has 0 heterocycles. The van der Waals surface area contributed by atoms with Crippen LogP contribution < -0.4 is 5.32 Å². The molecule has 0 unspecified atom stereocenters. The number of carbonyl (C=O) groups is 1. The third-order valence-electron chi connectivity index (χ3n) is 2.78. The van der Waals surface area contributed by atoms with Gasteiger partial charge in [0.05, 0.1) is 0 Å². The number of anilines is 1. The van der Waals surface area contributed by atoms with E-state index in [1.54, 1.807) is 0 Å². The molecule has 4 heteroatoms. The first-order valence-corrected chi connectivity index (χ1v) is 7.47. The first kappa shape index (κ1) is 16.1. The molecule has 0 saturated heterocycles. The summed E-state index contributed by atoms with van der Waals surface area (Å²) in [6, 6.07) is 9.58. The Morgan fingerprint density at radius 1 is 1.05 bits per heavy atom. The Kier molecular flexibility index (Phi) is 9.19. The number of amides is 1. The highest BCUT2D eigenvalue weighted by atomic mass is 32.1. The highest BCUT2D eigenvalue weighted by Gasteiger charge is 2.00. The zero-order chi connectivity index (χ0) is 13.8. The molecule has 1 rings (SSSR count). The van der Waals surface area contributed by atoms with Crippen LogP contribution in [0.2, 0.25) is 0 Å². The second-order valence-electron chi connectivity index (χ2n) is 4.45. The summed E-state index contributed by atoms with van der Waals surface area (Å²) in [6.45, 7) is 1.71. The fraction of sp³-hybridized carbons (Fsp3) is 0.533. The van der Waals surface area contributed by atoms with Crippen LogP contribution in [0.4, 0.5) is 5.69 Å². The second kappa shape index (κ2) is 10.9.